The van der Waals surface area contributed by atoms with Gasteiger partial charge in [0.05, 0.1) is 12.5 Å². The van der Waals surface area contributed by atoms with Crippen molar-refractivity contribution in [3.63, 3.8) is 0 Å². The molecule has 1 saturated heterocycles. The summed E-state index contributed by atoms with van der Waals surface area (Å²) in [5, 5.41) is 3.29. The van der Waals surface area contributed by atoms with Crippen molar-refractivity contribution in [2.24, 2.45) is 10.9 Å². The SMILES string of the molecule is CCOC(=O)C1CCCN(C(=NC)NCc2ccc(F)c(C)c2)C1. The molecule has 5 nitrogen and oxygen atoms in total. The van der Waals surface area contributed by atoms with Gasteiger partial charge in [0.25, 0.3) is 0 Å². The highest BCUT2D eigenvalue weighted by molar-refractivity contribution is 5.81. The Morgan fingerprint density at radius 1 is 1.50 bits per heavy atom. The van der Waals surface area contributed by atoms with Crippen molar-refractivity contribution in [2.75, 3.05) is 26.7 Å². The summed E-state index contributed by atoms with van der Waals surface area (Å²) in [4.78, 5) is 18.4. The zero-order chi connectivity index (χ0) is 17.5. The van der Waals surface area contributed by atoms with Gasteiger partial charge in [-0.2, -0.15) is 0 Å². The van der Waals surface area contributed by atoms with Crippen LogP contribution in [0.4, 0.5) is 4.39 Å². The Morgan fingerprint density at radius 2 is 2.29 bits per heavy atom. The Morgan fingerprint density at radius 3 is 2.96 bits per heavy atom. The van der Waals surface area contributed by atoms with Crippen molar-refractivity contribution in [1.29, 1.82) is 0 Å². The van der Waals surface area contributed by atoms with Gasteiger partial charge in [-0.15, -0.1) is 0 Å². The van der Waals surface area contributed by atoms with Crippen LogP contribution in [0.1, 0.15) is 30.9 Å². The maximum atomic E-state index is 13.3. The summed E-state index contributed by atoms with van der Waals surface area (Å²) in [5.41, 5.74) is 1.62. The summed E-state index contributed by atoms with van der Waals surface area (Å²) in [5.74, 6) is 0.319. The molecule has 1 fully saturated rings. The molecule has 1 heterocycles. The van der Waals surface area contributed by atoms with Gasteiger partial charge in [-0.1, -0.05) is 12.1 Å². The molecule has 1 aliphatic heterocycles. The van der Waals surface area contributed by atoms with Crippen LogP contribution in [-0.2, 0) is 16.1 Å². The number of halogens is 1. The highest BCUT2D eigenvalue weighted by atomic mass is 19.1. The Hall–Kier alpha value is -2.11. The molecule has 24 heavy (non-hydrogen) atoms. The van der Waals surface area contributed by atoms with Crippen LogP contribution in [0, 0.1) is 18.7 Å². The third kappa shape index (κ3) is 4.69. The molecule has 0 spiro atoms. The Bertz CT molecular complexity index is 604. The molecule has 1 atom stereocenters. The monoisotopic (exact) mass is 335 g/mol. The molecule has 2 rings (SSSR count). The van der Waals surface area contributed by atoms with E-state index in [1.54, 1.807) is 20.0 Å². The first-order chi connectivity index (χ1) is 11.5. The van der Waals surface area contributed by atoms with Crippen LogP contribution in [0.15, 0.2) is 23.2 Å². The molecule has 1 aromatic rings. The average Bonchev–Trinajstić information content (AvgIpc) is 2.59. The van der Waals surface area contributed by atoms with Crippen molar-refractivity contribution in [3.05, 3.63) is 35.1 Å². The summed E-state index contributed by atoms with van der Waals surface area (Å²) in [7, 11) is 1.73. The van der Waals surface area contributed by atoms with Gasteiger partial charge in [-0.3, -0.25) is 9.79 Å². The summed E-state index contributed by atoms with van der Waals surface area (Å²) in [6.45, 7) is 6.02. The third-order valence-corrected chi connectivity index (χ3v) is 4.23. The van der Waals surface area contributed by atoms with E-state index in [0.29, 0.717) is 25.3 Å². The average molecular weight is 335 g/mol. The summed E-state index contributed by atoms with van der Waals surface area (Å²) < 4.78 is 18.5. The van der Waals surface area contributed by atoms with Crippen molar-refractivity contribution < 1.29 is 13.9 Å². The zero-order valence-corrected chi connectivity index (χ0v) is 14.6. The number of carbonyl (C=O) groups is 1. The Balaban J connectivity index is 1.95. The lowest BCUT2D eigenvalue weighted by molar-refractivity contribution is -0.149. The van der Waals surface area contributed by atoms with Crippen LogP contribution >= 0.6 is 0 Å². The van der Waals surface area contributed by atoms with Crippen molar-refractivity contribution >= 4 is 11.9 Å². The zero-order valence-electron chi connectivity index (χ0n) is 14.6. The number of hydrogen-bond donors (Lipinski definition) is 1. The van der Waals surface area contributed by atoms with Gasteiger partial charge in [0.1, 0.15) is 5.82 Å². The van der Waals surface area contributed by atoms with Crippen LogP contribution in [0.3, 0.4) is 0 Å². The first-order valence-corrected chi connectivity index (χ1v) is 8.42. The van der Waals surface area contributed by atoms with Gasteiger partial charge in [-0.25, -0.2) is 4.39 Å². The summed E-state index contributed by atoms with van der Waals surface area (Å²) >= 11 is 0. The van der Waals surface area contributed by atoms with Crippen LogP contribution in [0.5, 0.6) is 0 Å². The molecular formula is C18H26FN3O2. The quantitative estimate of drug-likeness (QED) is 0.522. The number of aryl methyl sites for hydroxylation is 1. The first-order valence-electron chi connectivity index (χ1n) is 8.42. The molecule has 1 aromatic carbocycles. The van der Waals surface area contributed by atoms with Crippen LogP contribution in [0.25, 0.3) is 0 Å². The predicted octanol–water partition coefficient (Wildman–Crippen LogP) is 2.48. The number of hydrogen-bond acceptors (Lipinski definition) is 3. The maximum Gasteiger partial charge on any atom is 0.310 e. The number of carbonyl (C=O) groups excluding carboxylic acids is 1. The number of benzene rings is 1. The van der Waals surface area contributed by atoms with Gasteiger partial charge >= 0.3 is 5.97 Å². The van der Waals surface area contributed by atoms with E-state index < -0.39 is 0 Å². The van der Waals surface area contributed by atoms with E-state index in [0.717, 1.165) is 30.9 Å². The van der Waals surface area contributed by atoms with Crippen molar-refractivity contribution in [3.8, 4) is 0 Å². The number of ether oxygens (including phenoxy) is 1. The summed E-state index contributed by atoms with van der Waals surface area (Å²) in [6, 6.07) is 5.07. The van der Waals surface area contributed by atoms with Gasteiger partial charge in [-0.05, 0) is 43.9 Å². The fraction of sp³-hybridized carbons (Fsp3) is 0.556. The highest BCUT2D eigenvalue weighted by Crippen LogP contribution is 2.18. The molecular weight excluding hydrogens is 309 g/mol. The van der Waals surface area contributed by atoms with Crippen LogP contribution in [-0.4, -0.2) is 43.6 Å². The van der Waals surface area contributed by atoms with Crippen molar-refractivity contribution in [1.82, 2.24) is 10.2 Å². The van der Waals surface area contributed by atoms with E-state index in [-0.39, 0.29) is 17.7 Å². The topological polar surface area (TPSA) is 53.9 Å². The van der Waals surface area contributed by atoms with E-state index in [4.69, 9.17) is 4.74 Å². The van der Waals surface area contributed by atoms with Crippen molar-refractivity contribution in [2.45, 2.75) is 33.2 Å². The number of guanidine groups is 1. The number of rotatable bonds is 4. The number of piperidine rings is 1. The lowest BCUT2D eigenvalue weighted by Gasteiger charge is -2.34. The molecule has 0 amide bonds. The normalized spacial score (nSPS) is 18.4. The smallest absolute Gasteiger partial charge is 0.310 e. The second-order valence-electron chi connectivity index (χ2n) is 6.02. The van der Waals surface area contributed by atoms with Gasteiger partial charge in [0.2, 0.25) is 0 Å². The molecule has 0 aliphatic carbocycles. The lowest BCUT2D eigenvalue weighted by atomic mass is 9.98. The highest BCUT2D eigenvalue weighted by Gasteiger charge is 2.28. The molecule has 1 N–H and O–H groups in total. The number of likely N-dealkylation sites (tertiary alicyclic amines) is 1. The first kappa shape index (κ1) is 18.2. The van der Waals surface area contributed by atoms with E-state index in [1.165, 1.54) is 6.07 Å². The number of aliphatic imine (C=N–C) groups is 1. The molecule has 1 aliphatic rings. The molecule has 0 bridgehead atoms. The molecule has 0 saturated carbocycles. The van der Waals surface area contributed by atoms with Crippen LogP contribution in [0.2, 0.25) is 0 Å². The van der Waals surface area contributed by atoms with E-state index in [9.17, 15) is 9.18 Å². The Labute approximate surface area is 142 Å². The summed E-state index contributed by atoms with van der Waals surface area (Å²) in [6.07, 6.45) is 1.78. The molecule has 132 valence electrons. The minimum absolute atomic E-state index is 0.106. The number of nitrogens with one attached hydrogen (secondary N) is 1. The van der Waals surface area contributed by atoms with E-state index in [2.05, 4.69) is 15.2 Å². The minimum Gasteiger partial charge on any atom is -0.466 e. The van der Waals surface area contributed by atoms with Crippen LogP contribution < -0.4 is 5.32 Å². The van der Waals surface area contributed by atoms with Gasteiger partial charge in [0, 0.05) is 26.7 Å². The molecule has 0 radical (unpaired) electrons. The standard InChI is InChI=1S/C18H26FN3O2/c1-4-24-17(23)15-6-5-9-22(12-15)18(20-3)21-11-14-7-8-16(19)13(2)10-14/h7-8,10,15H,4-6,9,11-12H2,1-3H3,(H,20,21). The largest absolute Gasteiger partial charge is 0.466 e. The molecule has 6 heteroatoms. The second kappa shape index (κ2) is 8.66. The maximum absolute atomic E-state index is 13.3. The lowest BCUT2D eigenvalue weighted by Crippen LogP contribution is -2.48. The second-order valence-corrected chi connectivity index (χ2v) is 6.02. The van der Waals surface area contributed by atoms with Gasteiger partial charge < -0.3 is 15.0 Å². The minimum atomic E-state index is -0.198. The molecule has 0 aromatic heterocycles. The van der Waals surface area contributed by atoms with E-state index in [1.807, 2.05) is 13.0 Å². The fourth-order valence-electron chi connectivity index (χ4n) is 2.95. The predicted molar refractivity (Wildman–Crippen MR) is 92.3 cm³/mol. The Kier molecular flexibility index (Phi) is 6.58. The number of esters is 1. The fourth-order valence-corrected chi connectivity index (χ4v) is 2.95. The third-order valence-electron chi connectivity index (χ3n) is 4.23. The number of nitrogens with zero attached hydrogens (tertiary/aromatic N) is 2. The molecule has 1 unspecified atom stereocenters. The van der Waals surface area contributed by atoms with Gasteiger partial charge in [0.15, 0.2) is 5.96 Å². The van der Waals surface area contributed by atoms with E-state index >= 15 is 0 Å².